The first-order chi connectivity index (χ1) is 8.76. The van der Waals surface area contributed by atoms with Crippen molar-refractivity contribution in [3.05, 3.63) is 42.1 Å². The van der Waals surface area contributed by atoms with E-state index in [9.17, 15) is 4.79 Å². The van der Waals surface area contributed by atoms with Crippen LogP contribution in [0, 0.1) is 0 Å². The van der Waals surface area contributed by atoms with Crippen molar-refractivity contribution < 1.29 is 9.90 Å². The summed E-state index contributed by atoms with van der Waals surface area (Å²) in [5.41, 5.74) is 1.38. The Morgan fingerprint density at radius 1 is 1.39 bits per heavy atom. The van der Waals surface area contributed by atoms with Gasteiger partial charge in [0.05, 0.1) is 18.2 Å². The lowest BCUT2D eigenvalue weighted by Crippen LogP contribution is -2.37. The van der Waals surface area contributed by atoms with Crippen molar-refractivity contribution in [2.45, 2.75) is 19.4 Å². The molecule has 0 aliphatic heterocycles. The molecule has 4 nitrogen and oxygen atoms in total. The summed E-state index contributed by atoms with van der Waals surface area (Å²) in [6.45, 7) is 1.87. The molecule has 1 atom stereocenters. The van der Waals surface area contributed by atoms with Crippen LogP contribution in [0.1, 0.15) is 23.7 Å². The summed E-state index contributed by atoms with van der Waals surface area (Å²) in [4.78, 5) is 16.4. The third kappa shape index (κ3) is 2.49. The number of carbonyl (C=O) groups is 1. The fourth-order valence-electron chi connectivity index (χ4n) is 1.84. The minimum Gasteiger partial charge on any atom is -0.394 e. The van der Waals surface area contributed by atoms with Crippen LogP contribution < -0.4 is 5.32 Å². The molecule has 1 aromatic heterocycles. The molecule has 18 heavy (non-hydrogen) atoms. The number of benzene rings is 1. The standard InChI is InChI=1S/C14H16N2O2/c1-2-10(9-17)16-14(18)12-5-3-7-13-11(12)6-4-8-15-13/h3-8,10,17H,2,9H2,1H3,(H,16,18). The number of fused-ring (bicyclic) bond motifs is 1. The minimum atomic E-state index is -0.204. The average molecular weight is 244 g/mol. The van der Waals surface area contributed by atoms with E-state index >= 15 is 0 Å². The summed E-state index contributed by atoms with van der Waals surface area (Å²) in [5.74, 6) is -0.172. The molecular weight excluding hydrogens is 228 g/mol. The number of nitrogens with one attached hydrogen (secondary N) is 1. The summed E-state index contributed by atoms with van der Waals surface area (Å²) in [6, 6.07) is 8.92. The number of amides is 1. The van der Waals surface area contributed by atoms with Crippen molar-refractivity contribution in [1.29, 1.82) is 0 Å². The summed E-state index contributed by atoms with van der Waals surface area (Å²) in [6.07, 6.45) is 2.40. The highest BCUT2D eigenvalue weighted by molar-refractivity contribution is 6.06. The van der Waals surface area contributed by atoms with E-state index in [-0.39, 0.29) is 18.6 Å². The van der Waals surface area contributed by atoms with Crippen LogP contribution in [0.4, 0.5) is 0 Å². The van der Waals surface area contributed by atoms with E-state index < -0.39 is 0 Å². The Morgan fingerprint density at radius 2 is 2.22 bits per heavy atom. The smallest absolute Gasteiger partial charge is 0.252 e. The summed E-state index contributed by atoms with van der Waals surface area (Å²) < 4.78 is 0. The van der Waals surface area contributed by atoms with Crippen LogP contribution in [-0.4, -0.2) is 28.6 Å². The van der Waals surface area contributed by atoms with Crippen LogP contribution in [-0.2, 0) is 0 Å². The van der Waals surface area contributed by atoms with Crippen LogP contribution >= 0.6 is 0 Å². The maximum absolute atomic E-state index is 12.1. The number of aromatic nitrogens is 1. The lowest BCUT2D eigenvalue weighted by atomic mass is 10.1. The number of hydrogen-bond acceptors (Lipinski definition) is 3. The first kappa shape index (κ1) is 12.5. The van der Waals surface area contributed by atoms with Gasteiger partial charge in [0.15, 0.2) is 0 Å². The zero-order chi connectivity index (χ0) is 13.0. The topological polar surface area (TPSA) is 62.2 Å². The van der Waals surface area contributed by atoms with Gasteiger partial charge in [-0.1, -0.05) is 19.1 Å². The van der Waals surface area contributed by atoms with Crippen LogP contribution in [0.3, 0.4) is 0 Å². The van der Waals surface area contributed by atoms with Gasteiger partial charge < -0.3 is 10.4 Å². The van der Waals surface area contributed by atoms with Crippen LogP contribution in [0.5, 0.6) is 0 Å². The Bertz CT molecular complexity index is 545. The minimum absolute atomic E-state index is 0.0503. The van der Waals surface area contributed by atoms with Crippen molar-refractivity contribution in [1.82, 2.24) is 10.3 Å². The first-order valence-electron chi connectivity index (χ1n) is 6.01. The number of rotatable bonds is 4. The highest BCUT2D eigenvalue weighted by atomic mass is 16.3. The molecule has 0 spiro atoms. The number of carbonyl (C=O) groups excluding carboxylic acids is 1. The molecular formula is C14H16N2O2. The molecule has 94 valence electrons. The lowest BCUT2D eigenvalue weighted by molar-refractivity contribution is 0.0916. The third-order valence-electron chi connectivity index (χ3n) is 2.94. The fraction of sp³-hybridized carbons (Fsp3) is 0.286. The summed E-state index contributed by atoms with van der Waals surface area (Å²) >= 11 is 0. The lowest BCUT2D eigenvalue weighted by Gasteiger charge is -2.14. The van der Waals surface area contributed by atoms with Gasteiger partial charge in [0.2, 0.25) is 0 Å². The van der Waals surface area contributed by atoms with Crippen LogP contribution in [0.2, 0.25) is 0 Å². The van der Waals surface area contributed by atoms with Gasteiger partial charge in [-0.05, 0) is 24.6 Å². The molecule has 1 aromatic carbocycles. The van der Waals surface area contributed by atoms with Crippen molar-refractivity contribution >= 4 is 16.8 Å². The van der Waals surface area contributed by atoms with Crippen molar-refractivity contribution in [3.8, 4) is 0 Å². The Morgan fingerprint density at radius 3 is 2.94 bits per heavy atom. The number of aliphatic hydroxyl groups is 1. The molecule has 2 rings (SSSR count). The van der Waals surface area contributed by atoms with E-state index in [1.54, 1.807) is 12.3 Å². The van der Waals surface area contributed by atoms with Gasteiger partial charge in [-0.2, -0.15) is 0 Å². The monoisotopic (exact) mass is 244 g/mol. The quantitative estimate of drug-likeness (QED) is 0.861. The van der Waals surface area contributed by atoms with Crippen molar-refractivity contribution in [2.75, 3.05) is 6.61 Å². The normalized spacial score (nSPS) is 12.3. The van der Waals surface area contributed by atoms with Crippen molar-refractivity contribution in [2.24, 2.45) is 0 Å². The van der Waals surface area contributed by atoms with Crippen LogP contribution in [0.15, 0.2) is 36.5 Å². The molecule has 0 saturated heterocycles. The van der Waals surface area contributed by atoms with Crippen molar-refractivity contribution in [3.63, 3.8) is 0 Å². The predicted molar refractivity (Wildman–Crippen MR) is 70.4 cm³/mol. The van der Waals surface area contributed by atoms with Gasteiger partial charge in [0.25, 0.3) is 5.91 Å². The van der Waals surface area contributed by atoms with E-state index in [4.69, 9.17) is 5.11 Å². The molecule has 1 amide bonds. The number of pyridine rings is 1. The zero-order valence-corrected chi connectivity index (χ0v) is 10.3. The average Bonchev–Trinajstić information content (AvgIpc) is 2.43. The highest BCUT2D eigenvalue weighted by Gasteiger charge is 2.13. The van der Waals surface area contributed by atoms with Gasteiger partial charge in [-0.3, -0.25) is 9.78 Å². The SMILES string of the molecule is CCC(CO)NC(=O)c1cccc2ncccc12. The molecule has 0 radical (unpaired) electrons. The van der Waals surface area contributed by atoms with E-state index in [1.807, 2.05) is 31.2 Å². The largest absolute Gasteiger partial charge is 0.394 e. The predicted octanol–water partition coefficient (Wildman–Crippen LogP) is 1.74. The molecule has 2 N–H and O–H groups in total. The van der Waals surface area contributed by atoms with Gasteiger partial charge in [-0.25, -0.2) is 0 Å². The molecule has 0 fully saturated rings. The summed E-state index contributed by atoms with van der Waals surface area (Å²) in [5, 5.41) is 12.7. The Balaban J connectivity index is 2.33. The fourth-order valence-corrected chi connectivity index (χ4v) is 1.84. The second kappa shape index (κ2) is 5.60. The van der Waals surface area contributed by atoms with Gasteiger partial charge in [0.1, 0.15) is 0 Å². The third-order valence-corrected chi connectivity index (χ3v) is 2.94. The Hall–Kier alpha value is -1.94. The van der Waals surface area contributed by atoms with Gasteiger partial charge in [-0.15, -0.1) is 0 Å². The first-order valence-corrected chi connectivity index (χ1v) is 6.01. The zero-order valence-electron chi connectivity index (χ0n) is 10.3. The second-order valence-electron chi connectivity index (χ2n) is 4.14. The van der Waals surface area contributed by atoms with E-state index in [0.717, 1.165) is 10.9 Å². The number of hydrogen-bond donors (Lipinski definition) is 2. The molecule has 0 saturated carbocycles. The maximum Gasteiger partial charge on any atom is 0.252 e. The molecule has 2 aromatic rings. The Kier molecular flexibility index (Phi) is 3.89. The van der Waals surface area contributed by atoms with Crippen LogP contribution in [0.25, 0.3) is 10.9 Å². The molecule has 0 bridgehead atoms. The van der Waals surface area contributed by atoms with E-state index in [0.29, 0.717) is 12.0 Å². The molecule has 0 aliphatic rings. The second-order valence-corrected chi connectivity index (χ2v) is 4.14. The number of aliphatic hydroxyl groups excluding tert-OH is 1. The molecule has 0 aliphatic carbocycles. The van der Waals surface area contributed by atoms with E-state index in [2.05, 4.69) is 10.3 Å². The summed E-state index contributed by atoms with van der Waals surface area (Å²) in [7, 11) is 0. The maximum atomic E-state index is 12.1. The molecule has 1 unspecified atom stereocenters. The molecule has 4 heteroatoms. The van der Waals surface area contributed by atoms with Gasteiger partial charge in [0, 0.05) is 17.1 Å². The van der Waals surface area contributed by atoms with Gasteiger partial charge >= 0.3 is 0 Å². The molecule has 1 heterocycles. The van der Waals surface area contributed by atoms with E-state index in [1.165, 1.54) is 0 Å². The Labute approximate surface area is 106 Å². The number of nitrogens with zero attached hydrogens (tertiary/aromatic N) is 1. The highest BCUT2D eigenvalue weighted by Crippen LogP contribution is 2.16.